The van der Waals surface area contributed by atoms with Gasteiger partial charge in [0.05, 0.1) is 12.2 Å². The smallest absolute Gasteiger partial charge is 0.416 e. The third-order valence-electron chi connectivity index (χ3n) is 5.47. The van der Waals surface area contributed by atoms with E-state index < -0.39 is 43.0 Å². The van der Waals surface area contributed by atoms with Crippen molar-refractivity contribution < 1.29 is 32.2 Å². The van der Waals surface area contributed by atoms with Gasteiger partial charge in [0.25, 0.3) is 0 Å². The molecule has 2 aromatic heterocycles. The molecule has 0 aliphatic heterocycles. The molecule has 0 bridgehead atoms. The Morgan fingerprint density at radius 3 is 2.55 bits per heavy atom. The molecule has 0 spiro atoms. The van der Waals surface area contributed by atoms with Crippen LogP contribution in [0.3, 0.4) is 0 Å². The van der Waals surface area contributed by atoms with E-state index in [0.29, 0.717) is 16.1 Å². The molecule has 0 fully saturated rings. The van der Waals surface area contributed by atoms with E-state index in [2.05, 4.69) is 20.5 Å². The highest BCUT2D eigenvalue weighted by Crippen LogP contribution is 2.24. The lowest BCUT2D eigenvalue weighted by Crippen LogP contribution is -2.37. The normalized spacial score (nSPS) is 12.4. The third kappa shape index (κ3) is 6.66. The average molecular weight is 584 g/mol. The Morgan fingerprint density at radius 1 is 1.18 bits per heavy atom. The Bertz CT molecular complexity index is 1550. The summed E-state index contributed by atoms with van der Waals surface area (Å²) in [6.45, 7) is 0.108. The van der Waals surface area contributed by atoms with Gasteiger partial charge < -0.3 is 15.2 Å². The maximum atomic E-state index is 13.9. The summed E-state index contributed by atoms with van der Waals surface area (Å²) >= 11 is 5.91. The Balaban J connectivity index is 1.73. The van der Waals surface area contributed by atoms with E-state index in [9.17, 15) is 32.3 Å². The number of amides is 1. The van der Waals surface area contributed by atoms with Crippen LogP contribution >= 0.6 is 11.6 Å². The molecule has 0 aliphatic carbocycles. The van der Waals surface area contributed by atoms with Crippen LogP contribution in [0.25, 0.3) is 17.1 Å². The SMILES string of the molecule is CCNC(=O)OCc1nc(Cn2nc(-c3ccc(Cl)cc3)n(C[C@H](O)C(F)(F)F)c2=O)nn1-c1cccc(F)c1. The molecular weight excluding hydrogens is 562 g/mol. The van der Waals surface area contributed by atoms with Gasteiger partial charge in [-0.05, 0) is 49.4 Å². The summed E-state index contributed by atoms with van der Waals surface area (Å²) in [4.78, 5) is 29.2. The van der Waals surface area contributed by atoms with Crippen LogP contribution in [0.15, 0.2) is 53.3 Å². The number of halogens is 5. The number of carbonyl (C=O) groups excluding carboxylic acids is 1. The van der Waals surface area contributed by atoms with Gasteiger partial charge in [-0.2, -0.15) is 13.2 Å². The number of nitrogens with one attached hydrogen (secondary N) is 1. The van der Waals surface area contributed by atoms with E-state index in [1.807, 2.05) is 0 Å². The lowest BCUT2D eigenvalue weighted by atomic mass is 10.2. The van der Waals surface area contributed by atoms with Gasteiger partial charge in [-0.3, -0.25) is 4.57 Å². The van der Waals surface area contributed by atoms with Gasteiger partial charge in [0.2, 0.25) is 0 Å². The van der Waals surface area contributed by atoms with Crippen LogP contribution in [0.4, 0.5) is 22.4 Å². The number of aliphatic hydroxyl groups is 1. The molecule has 2 N–H and O–H groups in total. The monoisotopic (exact) mass is 583 g/mol. The zero-order valence-electron chi connectivity index (χ0n) is 20.8. The molecule has 1 atom stereocenters. The van der Waals surface area contributed by atoms with Crippen molar-refractivity contribution in [2.75, 3.05) is 6.54 Å². The zero-order valence-corrected chi connectivity index (χ0v) is 21.5. The standard InChI is InChI=1S/C24H22ClF4N7O4/c1-2-30-22(38)40-13-20-31-19(32-36(20)17-5-3-4-16(26)10-17)12-35-23(39)34(11-18(37)24(27,28)29)21(33-35)14-6-8-15(25)9-7-14/h3-10,18,37H,2,11-13H2,1H3,(H,30,38)/t18-/m0/s1. The minimum absolute atomic E-state index is 0.0375. The summed E-state index contributed by atoms with van der Waals surface area (Å²) < 4.78 is 61.1. The maximum Gasteiger partial charge on any atom is 0.416 e. The minimum atomic E-state index is -4.98. The average Bonchev–Trinajstić information content (AvgIpc) is 3.44. The quantitative estimate of drug-likeness (QED) is 0.289. The Morgan fingerprint density at radius 2 is 1.90 bits per heavy atom. The Hall–Kier alpha value is -4.24. The van der Waals surface area contributed by atoms with Crippen molar-refractivity contribution in [1.82, 2.24) is 34.4 Å². The third-order valence-corrected chi connectivity index (χ3v) is 5.73. The van der Waals surface area contributed by atoms with Crippen LogP contribution in [0.2, 0.25) is 5.02 Å². The highest BCUT2D eigenvalue weighted by Gasteiger charge is 2.39. The number of hydrogen-bond acceptors (Lipinski definition) is 7. The van der Waals surface area contributed by atoms with E-state index in [-0.39, 0.29) is 35.3 Å². The molecule has 0 aliphatic rings. The van der Waals surface area contributed by atoms with Gasteiger partial charge in [-0.25, -0.2) is 28.3 Å². The van der Waals surface area contributed by atoms with Gasteiger partial charge in [-0.1, -0.05) is 17.7 Å². The van der Waals surface area contributed by atoms with E-state index in [4.69, 9.17) is 16.3 Å². The first-order valence-electron chi connectivity index (χ1n) is 11.8. The number of aliphatic hydroxyl groups excluding tert-OH is 1. The van der Waals surface area contributed by atoms with Gasteiger partial charge in [0.1, 0.15) is 12.4 Å². The molecule has 40 heavy (non-hydrogen) atoms. The molecule has 0 saturated heterocycles. The molecule has 11 nitrogen and oxygen atoms in total. The molecule has 0 unspecified atom stereocenters. The van der Waals surface area contributed by atoms with Crippen LogP contribution in [0.5, 0.6) is 0 Å². The second-order valence-electron chi connectivity index (χ2n) is 8.38. The fourth-order valence-electron chi connectivity index (χ4n) is 3.62. The first-order valence-corrected chi connectivity index (χ1v) is 12.1. The molecule has 2 heterocycles. The summed E-state index contributed by atoms with van der Waals surface area (Å²) in [6.07, 6.45) is -8.55. The van der Waals surface area contributed by atoms with Crippen molar-refractivity contribution in [3.63, 3.8) is 0 Å². The van der Waals surface area contributed by atoms with Crippen molar-refractivity contribution in [2.45, 2.75) is 38.9 Å². The summed E-state index contributed by atoms with van der Waals surface area (Å²) in [5.74, 6) is -0.695. The van der Waals surface area contributed by atoms with E-state index in [1.54, 1.807) is 6.92 Å². The molecule has 4 aromatic rings. The minimum Gasteiger partial charge on any atom is -0.441 e. The Kier molecular flexibility index (Phi) is 8.54. The summed E-state index contributed by atoms with van der Waals surface area (Å²) in [5, 5.41) is 20.9. The number of alkyl halides is 3. The second-order valence-corrected chi connectivity index (χ2v) is 8.82. The van der Waals surface area contributed by atoms with Crippen molar-refractivity contribution >= 4 is 17.7 Å². The second kappa shape index (κ2) is 11.9. The van der Waals surface area contributed by atoms with E-state index in [1.165, 1.54) is 47.1 Å². The highest BCUT2D eigenvalue weighted by molar-refractivity contribution is 6.30. The van der Waals surface area contributed by atoms with E-state index in [0.717, 1.165) is 10.7 Å². The highest BCUT2D eigenvalue weighted by atomic mass is 35.5. The lowest BCUT2D eigenvalue weighted by Gasteiger charge is -2.15. The summed E-state index contributed by atoms with van der Waals surface area (Å²) in [7, 11) is 0. The number of hydrogen-bond donors (Lipinski definition) is 2. The molecular formula is C24H22ClF4N7O4. The van der Waals surface area contributed by atoms with Crippen LogP contribution in [-0.2, 0) is 24.4 Å². The summed E-state index contributed by atoms with van der Waals surface area (Å²) in [5.41, 5.74) is -0.472. The number of carbonyl (C=O) groups is 1. The lowest BCUT2D eigenvalue weighted by molar-refractivity contribution is -0.207. The van der Waals surface area contributed by atoms with Crippen LogP contribution < -0.4 is 11.0 Å². The fraction of sp³-hybridized carbons (Fsp3) is 0.292. The number of rotatable bonds is 9. The van der Waals surface area contributed by atoms with Crippen LogP contribution in [-0.4, -0.2) is 59.1 Å². The molecule has 212 valence electrons. The first kappa shape index (κ1) is 28.8. The van der Waals surface area contributed by atoms with Gasteiger partial charge in [0, 0.05) is 17.1 Å². The number of alkyl carbamates (subject to hydrolysis) is 1. The van der Waals surface area contributed by atoms with Crippen LogP contribution in [0.1, 0.15) is 18.6 Å². The van der Waals surface area contributed by atoms with Gasteiger partial charge >= 0.3 is 18.0 Å². The predicted molar refractivity (Wildman–Crippen MR) is 133 cm³/mol. The van der Waals surface area contributed by atoms with Crippen molar-refractivity contribution in [3.05, 3.63) is 81.5 Å². The number of ether oxygens (including phenoxy) is 1. The van der Waals surface area contributed by atoms with Crippen molar-refractivity contribution in [2.24, 2.45) is 0 Å². The number of aromatic nitrogens is 6. The molecule has 0 saturated carbocycles. The zero-order chi connectivity index (χ0) is 29.0. The fourth-order valence-corrected chi connectivity index (χ4v) is 3.75. The number of nitrogens with zero attached hydrogens (tertiary/aromatic N) is 6. The topological polar surface area (TPSA) is 129 Å². The first-order chi connectivity index (χ1) is 19.0. The molecule has 4 rings (SSSR count). The Labute approximate surface area is 228 Å². The largest absolute Gasteiger partial charge is 0.441 e. The van der Waals surface area contributed by atoms with Gasteiger partial charge in [-0.15, -0.1) is 10.2 Å². The van der Waals surface area contributed by atoms with Gasteiger partial charge in [0.15, 0.2) is 30.2 Å². The van der Waals surface area contributed by atoms with E-state index >= 15 is 0 Å². The van der Waals surface area contributed by atoms with Crippen LogP contribution in [0, 0.1) is 5.82 Å². The summed E-state index contributed by atoms with van der Waals surface area (Å²) in [6, 6.07) is 11.2. The predicted octanol–water partition coefficient (Wildman–Crippen LogP) is 3.30. The molecule has 0 radical (unpaired) electrons. The number of benzene rings is 2. The molecule has 1 amide bonds. The van der Waals surface area contributed by atoms with Crippen molar-refractivity contribution in [1.29, 1.82) is 0 Å². The maximum absolute atomic E-state index is 13.9. The molecule has 16 heteroatoms. The molecule has 2 aromatic carbocycles. The van der Waals surface area contributed by atoms with Crippen molar-refractivity contribution in [3.8, 4) is 17.1 Å².